The molecule has 4 nitrogen and oxygen atoms in total. The van der Waals surface area contributed by atoms with Crippen molar-refractivity contribution in [1.29, 1.82) is 0 Å². The number of fused-ring (bicyclic) bond motifs is 2. The largest absolute Gasteiger partial charge is 0.465 e. The maximum Gasteiger partial charge on any atom is 0.340 e. The molecule has 3 fully saturated rings. The van der Waals surface area contributed by atoms with E-state index in [4.69, 9.17) is 0 Å². The summed E-state index contributed by atoms with van der Waals surface area (Å²) in [5.74, 6) is -0.568. The molecule has 4 rings (SSSR count). The van der Waals surface area contributed by atoms with Crippen LogP contribution in [0.5, 0.6) is 0 Å². The van der Waals surface area contributed by atoms with Crippen LogP contribution in [-0.4, -0.2) is 43.2 Å². The molecule has 2 heterocycles. The number of hydrogen-bond donors (Lipinski definition) is 1. The average molecular weight is 341 g/mol. The molecule has 2 bridgehead atoms. The number of likely N-dealkylation sites (tertiary alicyclic amines) is 1. The van der Waals surface area contributed by atoms with E-state index >= 15 is 0 Å². The first-order chi connectivity index (χ1) is 10.7. The van der Waals surface area contributed by atoms with Crippen molar-refractivity contribution in [2.45, 2.75) is 43.8 Å². The van der Waals surface area contributed by atoms with Gasteiger partial charge in [0.25, 0.3) is 0 Å². The normalized spacial score (nSPS) is 26.2. The van der Waals surface area contributed by atoms with Gasteiger partial charge in [0.1, 0.15) is 5.82 Å². The lowest BCUT2D eigenvalue weighted by Crippen LogP contribution is -2.43. The van der Waals surface area contributed by atoms with Gasteiger partial charge in [0.15, 0.2) is 0 Å². The van der Waals surface area contributed by atoms with E-state index in [-0.39, 0.29) is 18.0 Å². The third-order valence-corrected chi connectivity index (χ3v) is 5.19. The van der Waals surface area contributed by atoms with E-state index in [2.05, 4.69) is 15.0 Å². The zero-order chi connectivity index (χ0) is 15.3. The molecule has 1 aromatic rings. The fourth-order valence-electron chi connectivity index (χ4n) is 3.87. The van der Waals surface area contributed by atoms with Crippen molar-refractivity contribution >= 4 is 18.4 Å². The molecule has 0 spiro atoms. The van der Waals surface area contributed by atoms with Gasteiger partial charge in [0.05, 0.1) is 12.7 Å². The number of carbonyl (C=O) groups is 1. The molecule has 0 aromatic heterocycles. The van der Waals surface area contributed by atoms with Crippen molar-refractivity contribution in [1.82, 2.24) is 10.2 Å². The first kappa shape index (κ1) is 16.7. The lowest BCUT2D eigenvalue weighted by Gasteiger charge is -2.28. The number of nitrogens with zero attached hydrogens (tertiary/aromatic N) is 1. The van der Waals surface area contributed by atoms with Gasteiger partial charge >= 0.3 is 5.97 Å². The Morgan fingerprint density at radius 2 is 2.22 bits per heavy atom. The summed E-state index contributed by atoms with van der Waals surface area (Å²) in [5.41, 5.74) is 2.25. The lowest BCUT2D eigenvalue weighted by molar-refractivity contribution is 0.0595. The molecule has 1 N–H and O–H groups in total. The molecule has 1 aromatic carbocycles. The number of esters is 1. The highest BCUT2D eigenvalue weighted by Gasteiger charge is 2.38. The lowest BCUT2D eigenvalue weighted by atomic mass is 9.98. The Bertz CT molecular complexity index is 621. The third-order valence-electron chi connectivity index (χ3n) is 5.19. The van der Waals surface area contributed by atoms with Crippen molar-refractivity contribution in [3.63, 3.8) is 0 Å². The molecular weight excluding hydrogens is 319 g/mol. The standard InChI is InChI=1S/C17H21FN2O2.ClH/c1-22-17(21)15-6-14(10-2-3-10)11(4-16(15)18)8-20-9-12-5-13(20)7-19-12;/h4,6,10,12-13,19H,2-3,5,7-9H2,1H3;1H/t12-,13-;/m0./s1. The van der Waals surface area contributed by atoms with E-state index in [9.17, 15) is 9.18 Å². The van der Waals surface area contributed by atoms with Gasteiger partial charge in [0, 0.05) is 31.7 Å². The molecule has 0 amide bonds. The summed E-state index contributed by atoms with van der Waals surface area (Å²) in [6.45, 7) is 2.86. The van der Waals surface area contributed by atoms with Gasteiger partial charge in [0.2, 0.25) is 0 Å². The minimum absolute atomic E-state index is 0. The summed E-state index contributed by atoms with van der Waals surface area (Å²) in [7, 11) is 1.29. The fourth-order valence-corrected chi connectivity index (χ4v) is 3.87. The highest BCUT2D eigenvalue weighted by atomic mass is 35.5. The zero-order valence-electron chi connectivity index (χ0n) is 13.2. The van der Waals surface area contributed by atoms with Crippen LogP contribution in [0.2, 0.25) is 0 Å². The van der Waals surface area contributed by atoms with Crippen LogP contribution in [0.3, 0.4) is 0 Å². The molecular formula is C17H22ClFN2O2. The number of rotatable bonds is 4. The first-order valence-corrected chi connectivity index (χ1v) is 8.03. The quantitative estimate of drug-likeness (QED) is 0.855. The number of carbonyl (C=O) groups excluding carboxylic acids is 1. The molecule has 3 aliphatic rings. The van der Waals surface area contributed by atoms with Crippen LogP contribution in [0.15, 0.2) is 12.1 Å². The second kappa shape index (κ2) is 6.38. The van der Waals surface area contributed by atoms with Crippen LogP contribution >= 0.6 is 12.4 Å². The maximum atomic E-state index is 14.3. The van der Waals surface area contributed by atoms with Gasteiger partial charge in [-0.1, -0.05) is 0 Å². The number of hydrogen-bond acceptors (Lipinski definition) is 4. The zero-order valence-corrected chi connectivity index (χ0v) is 14.0. The first-order valence-electron chi connectivity index (χ1n) is 8.03. The van der Waals surface area contributed by atoms with Crippen molar-refractivity contribution in [3.05, 3.63) is 34.6 Å². The minimum Gasteiger partial charge on any atom is -0.465 e. The second-order valence-corrected chi connectivity index (χ2v) is 6.72. The van der Waals surface area contributed by atoms with Crippen molar-refractivity contribution in [3.8, 4) is 0 Å². The predicted molar refractivity (Wildman–Crippen MR) is 87.6 cm³/mol. The predicted octanol–water partition coefficient (Wildman–Crippen LogP) is 2.46. The fraction of sp³-hybridized carbons (Fsp3) is 0.588. The Labute approximate surface area is 141 Å². The summed E-state index contributed by atoms with van der Waals surface area (Å²) in [4.78, 5) is 14.2. The van der Waals surface area contributed by atoms with Crippen molar-refractivity contribution < 1.29 is 13.9 Å². The molecule has 0 unspecified atom stereocenters. The Morgan fingerprint density at radius 3 is 2.78 bits per heavy atom. The SMILES string of the molecule is COC(=O)c1cc(C2CC2)c(CN2C[C@@H]3C[C@H]2CN3)cc1F.Cl. The molecule has 2 aliphatic heterocycles. The smallest absolute Gasteiger partial charge is 0.340 e. The number of nitrogens with one attached hydrogen (secondary N) is 1. The van der Waals surface area contributed by atoms with E-state index in [1.807, 2.05) is 0 Å². The number of ether oxygens (including phenoxy) is 1. The number of benzene rings is 1. The van der Waals surface area contributed by atoms with E-state index in [1.54, 1.807) is 12.1 Å². The van der Waals surface area contributed by atoms with Crippen LogP contribution in [0.25, 0.3) is 0 Å². The maximum absolute atomic E-state index is 14.3. The Morgan fingerprint density at radius 1 is 1.43 bits per heavy atom. The van der Waals surface area contributed by atoms with E-state index in [0.717, 1.165) is 43.6 Å². The van der Waals surface area contributed by atoms with Crippen molar-refractivity contribution in [2.75, 3.05) is 20.2 Å². The third kappa shape index (κ3) is 3.10. The van der Waals surface area contributed by atoms with Crippen LogP contribution in [-0.2, 0) is 11.3 Å². The second-order valence-electron chi connectivity index (χ2n) is 6.72. The molecule has 2 saturated heterocycles. The molecule has 126 valence electrons. The highest BCUT2D eigenvalue weighted by Crippen LogP contribution is 2.43. The molecule has 2 atom stereocenters. The molecule has 1 saturated carbocycles. The van der Waals surface area contributed by atoms with E-state index in [0.29, 0.717) is 18.0 Å². The Kier molecular flexibility index (Phi) is 4.63. The van der Waals surface area contributed by atoms with Gasteiger partial charge < -0.3 is 10.1 Å². The van der Waals surface area contributed by atoms with Crippen LogP contribution in [0, 0.1) is 5.82 Å². The van der Waals surface area contributed by atoms with E-state index < -0.39 is 11.8 Å². The van der Waals surface area contributed by atoms with Crippen LogP contribution in [0.1, 0.15) is 46.7 Å². The summed E-state index contributed by atoms with van der Waals surface area (Å²) in [5, 5.41) is 3.49. The summed E-state index contributed by atoms with van der Waals surface area (Å²) in [6, 6.07) is 4.44. The summed E-state index contributed by atoms with van der Waals surface area (Å²) >= 11 is 0. The summed E-state index contributed by atoms with van der Waals surface area (Å²) < 4.78 is 19.0. The number of methoxy groups -OCH3 is 1. The summed E-state index contributed by atoms with van der Waals surface area (Å²) in [6.07, 6.45) is 3.46. The average Bonchev–Trinajstić information content (AvgIpc) is 3.15. The van der Waals surface area contributed by atoms with Gasteiger partial charge in [-0.25, -0.2) is 9.18 Å². The molecule has 1 aliphatic carbocycles. The van der Waals surface area contributed by atoms with Crippen molar-refractivity contribution in [2.24, 2.45) is 0 Å². The number of halogens is 2. The molecule has 6 heteroatoms. The monoisotopic (exact) mass is 340 g/mol. The van der Waals surface area contributed by atoms with Crippen LogP contribution in [0.4, 0.5) is 4.39 Å². The van der Waals surface area contributed by atoms with E-state index in [1.165, 1.54) is 13.5 Å². The van der Waals surface area contributed by atoms with Gasteiger partial charge in [-0.15, -0.1) is 12.4 Å². The topological polar surface area (TPSA) is 41.6 Å². The van der Waals surface area contributed by atoms with Gasteiger partial charge in [-0.2, -0.15) is 0 Å². The minimum atomic E-state index is -0.588. The Hall–Kier alpha value is -1.17. The number of piperazine rings is 1. The molecule has 0 radical (unpaired) electrons. The van der Waals surface area contributed by atoms with Crippen LogP contribution < -0.4 is 5.32 Å². The Balaban J connectivity index is 0.00000156. The highest BCUT2D eigenvalue weighted by molar-refractivity contribution is 5.90. The van der Waals surface area contributed by atoms with Gasteiger partial charge in [-0.3, -0.25) is 4.90 Å². The van der Waals surface area contributed by atoms with Gasteiger partial charge in [-0.05, 0) is 48.4 Å². The molecule has 23 heavy (non-hydrogen) atoms.